The van der Waals surface area contributed by atoms with Gasteiger partial charge in [0, 0.05) is 11.3 Å². The van der Waals surface area contributed by atoms with Gasteiger partial charge in [0.05, 0.1) is 31.0 Å². The molecule has 0 aliphatic carbocycles. The summed E-state index contributed by atoms with van der Waals surface area (Å²) in [4.78, 5) is 16.2. The molecule has 0 aliphatic heterocycles. The van der Waals surface area contributed by atoms with Crippen LogP contribution in [0.15, 0.2) is 65.7 Å². The summed E-state index contributed by atoms with van der Waals surface area (Å²) in [5.74, 6) is 1.05. The monoisotopic (exact) mass is 390 g/mol. The lowest BCUT2D eigenvalue weighted by Gasteiger charge is -2.08. The lowest BCUT2D eigenvalue weighted by Crippen LogP contribution is -2.00. The predicted octanol–water partition coefficient (Wildman–Crippen LogP) is 4.71. The third kappa shape index (κ3) is 4.51. The highest BCUT2D eigenvalue weighted by Gasteiger charge is 2.10. The number of thioether (sulfide) groups is 1. The first kappa shape index (κ1) is 19.5. The standard InChI is InChI=1S/C22H18N2O3S/c1-26-19-10-7-16(8-11-19)20-12-9-18(13-23)21(24-20)28-14-15-3-5-17(6-4-15)22(25)27-2/h3-12H,14H2,1-2H3. The highest BCUT2D eigenvalue weighted by molar-refractivity contribution is 7.98. The van der Waals surface area contributed by atoms with E-state index in [1.165, 1.54) is 18.9 Å². The number of hydrogen-bond donors (Lipinski definition) is 0. The fraction of sp³-hybridized carbons (Fsp3) is 0.136. The van der Waals surface area contributed by atoms with Gasteiger partial charge in [-0.05, 0) is 54.1 Å². The molecule has 3 rings (SSSR count). The molecule has 5 nitrogen and oxygen atoms in total. The molecule has 1 heterocycles. The summed E-state index contributed by atoms with van der Waals surface area (Å²) in [5, 5.41) is 10.1. The van der Waals surface area contributed by atoms with Crippen molar-refractivity contribution in [3.63, 3.8) is 0 Å². The van der Waals surface area contributed by atoms with Gasteiger partial charge >= 0.3 is 5.97 Å². The summed E-state index contributed by atoms with van der Waals surface area (Å²) in [6.45, 7) is 0. The zero-order valence-corrected chi connectivity index (χ0v) is 16.3. The van der Waals surface area contributed by atoms with Crippen molar-refractivity contribution in [2.75, 3.05) is 14.2 Å². The minimum Gasteiger partial charge on any atom is -0.497 e. The average molecular weight is 390 g/mol. The van der Waals surface area contributed by atoms with Gasteiger partial charge in [-0.3, -0.25) is 0 Å². The second-order valence-corrected chi connectivity index (χ2v) is 6.83. The van der Waals surface area contributed by atoms with Crippen LogP contribution in [0.25, 0.3) is 11.3 Å². The van der Waals surface area contributed by atoms with Crippen LogP contribution in [0.1, 0.15) is 21.5 Å². The molecule has 0 radical (unpaired) electrons. The van der Waals surface area contributed by atoms with Gasteiger partial charge in [0.1, 0.15) is 16.8 Å². The number of pyridine rings is 1. The highest BCUT2D eigenvalue weighted by Crippen LogP contribution is 2.28. The van der Waals surface area contributed by atoms with Crippen LogP contribution >= 0.6 is 11.8 Å². The Bertz CT molecular complexity index is 1010. The third-order valence-corrected chi connectivity index (χ3v) is 5.18. The van der Waals surface area contributed by atoms with Gasteiger partial charge in [0.25, 0.3) is 0 Å². The van der Waals surface area contributed by atoms with Crippen LogP contribution in [0.2, 0.25) is 0 Å². The van der Waals surface area contributed by atoms with E-state index in [0.717, 1.165) is 22.6 Å². The zero-order chi connectivity index (χ0) is 19.9. The first-order chi connectivity index (χ1) is 13.6. The number of methoxy groups -OCH3 is 2. The molecular weight excluding hydrogens is 372 g/mol. The Labute approximate surface area is 167 Å². The molecule has 0 unspecified atom stereocenters. The normalized spacial score (nSPS) is 10.2. The van der Waals surface area contributed by atoms with Gasteiger partial charge in [-0.1, -0.05) is 12.1 Å². The number of rotatable bonds is 6. The average Bonchev–Trinajstić information content (AvgIpc) is 2.77. The van der Waals surface area contributed by atoms with E-state index < -0.39 is 0 Å². The van der Waals surface area contributed by atoms with E-state index in [2.05, 4.69) is 11.1 Å². The zero-order valence-electron chi connectivity index (χ0n) is 15.5. The minimum absolute atomic E-state index is 0.361. The molecule has 0 saturated heterocycles. The molecule has 6 heteroatoms. The van der Waals surface area contributed by atoms with E-state index in [4.69, 9.17) is 9.47 Å². The van der Waals surface area contributed by atoms with Crippen LogP contribution in [-0.2, 0) is 10.5 Å². The summed E-state index contributed by atoms with van der Waals surface area (Å²) in [6, 6.07) is 20.7. The van der Waals surface area contributed by atoms with E-state index >= 15 is 0 Å². The predicted molar refractivity (Wildman–Crippen MR) is 108 cm³/mol. The lowest BCUT2D eigenvalue weighted by atomic mass is 10.1. The number of carbonyl (C=O) groups is 1. The molecule has 28 heavy (non-hydrogen) atoms. The van der Waals surface area contributed by atoms with Crippen LogP contribution in [0.3, 0.4) is 0 Å². The van der Waals surface area contributed by atoms with Crippen molar-refractivity contribution in [3.8, 4) is 23.1 Å². The summed E-state index contributed by atoms with van der Waals surface area (Å²) >= 11 is 1.49. The molecule has 3 aromatic rings. The molecule has 0 atom stereocenters. The van der Waals surface area contributed by atoms with Crippen molar-refractivity contribution in [3.05, 3.63) is 77.4 Å². The molecule has 2 aromatic carbocycles. The van der Waals surface area contributed by atoms with Crippen LogP contribution in [0.4, 0.5) is 0 Å². The summed E-state index contributed by atoms with van der Waals surface area (Å²) in [5.41, 5.74) is 3.82. The SMILES string of the molecule is COC(=O)c1ccc(CSc2nc(-c3ccc(OC)cc3)ccc2C#N)cc1. The number of nitrogens with zero attached hydrogens (tertiary/aromatic N) is 2. The van der Waals surface area contributed by atoms with Crippen molar-refractivity contribution >= 4 is 17.7 Å². The van der Waals surface area contributed by atoms with Gasteiger partial charge in [-0.25, -0.2) is 9.78 Å². The largest absolute Gasteiger partial charge is 0.497 e. The van der Waals surface area contributed by atoms with E-state index in [1.807, 2.05) is 42.5 Å². The number of ether oxygens (including phenoxy) is 2. The summed E-state index contributed by atoms with van der Waals surface area (Å²) in [6.07, 6.45) is 0. The lowest BCUT2D eigenvalue weighted by molar-refractivity contribution is 0.0600. The highest BCUT2D eigenvalue weighted by atomic mass is 32.2. The fourth-order valence-electron chi connectivity index (χ4n) is 2.56. The number of esters is 1. The molecule has 0 amide bonds. The van der Waals surface area contributed by atoms with Crippen LogP contribution in [-0.4, -0.2) is 25.2 Å². The first-order valence-corrected chi connectivity index (χ1v) is 9.49. The van der Waals surface area contributed by atoms with E-state index in [0.29, 0.717) is 21.9 Å². The second kappa shape index (κ2) is 9.07. The van der Waals surface area contributed by atoms with Crippen LogP contribution < -0.4 is 4.74 Å². The molecule has 0 fully saturated rings. The number of hydrogen-bond acceptors (Lipinski definition) is 6. The Kier molecular flexibility index (Phi) is 6.30. The van der Waals surface area contributed by atoms with Gasteiger partial charge in [-0.15, -0.1) is 11.8 Å². The number of aromatic nitrogens is 1. The second-order valence-electron chi connectivity index (χ2n) is 5.87. The Morgan fingerprint density at radius 1 is 1.04 bits per heavy atom. The maximum Gasteiger partial charge on any atom is 0.337 e. The molecule has 0 aliphatic rings. The van der Waals surface area contributed by atoms with Crippen molar-refractivity contribution in [2.45, 2.75) is 10.8 Å². The van der Waals surface area contributed by atoms with Gasteiger partial charge < -0.3 is 9.47 Å². The van der Waals surface area contributed by atoms with E-state index in [1.54, 1.807) is 25.3 Å². The maximum absolute atomic E-state index is 11.5. The topological polar surface area (TPSA) is 72.2 Å². The van der Waals surface area contributed by atoms with Gasteiger partial charge in [0.2, 0.25) is 0 Å². The molecule has 1 aromatic heterocycles. The molecule has 140 valence electrons. The van der Waals surface area contributed by atoms with Crippen LogP contribution in [0.5, 0.6) is 5.75 Å². The van der Waals surface area contributed by atoms with Crippen molar-refractivity contribution in [1.82, 2.24) is 4.98 Å². The quantitative estimate of drug-likeness (QED) is 0.448. The van der Waals surface area contributed by atoms with Crippen molar-refractivity contribution in [1.29, 1.82) is 5.26 Å². The Morgan fingerprint density at radius 2 is 1.75 bits per heavy atom. The first-order valence-electron chi connectivity index (χ1n) is 8.50. The van der Waals surface area contributed by atoms with Gasteiger partial charge in [-0.2, -0.15) is 5.26 Å². The molecule has 0 bridgehead atoms. The van der Waals surface area contributed by atoms with E-state index in [-0.39, 0.29) is 5.97 Å². The Hall–Kier alpha value is -3.30. The fourth-order valence-corrected chi connectivity index (χ4v) is 3.49. The van der Waals surface area contributed by atoms with Crippen molar-refractivity contribution < 1.29 is 14.3 Å². The minimum atomic E-state index is -0.361. The third-order valence-electron chi connectivity index (χ3n) is 4.12. The summed E-state index contributed by atoms with van der Waals surface area (Å²) in [7, 11) is 2.98. The Balaban J connectivity index is 1.78. The number of benzene rings is 2. The van der Waals surface area contributed by atoms with Crippen LogP contribution in [0, 0.1) is 11.3 Å². The molecular formula is C22H18N2O3S. The Morgan fingerprint density at radius 3 is 2.36 bits per heavy atom. The van der Waals surface area contributed by atoms with E-state index in [9.17, 15) is 10.1 Å². The molecule has 0 spiro atoms. The molecule has 0 saturated carbocycles. The molecule has 0 N–H and O–H groups in total. The van der Waals surface area contributed by atoms with Crippen molar-refractivity contribution in [2.24, 2.45) is 0 Å². The summed E-state index contributed by atoms with van der Waals surface area (Å²) < 4.78 is 9.89. The number of carbonyl (C=O) groups excluding carboxylic acids is 1. The smallest absolute Gasteiger partial charge is 0.337 e. The number of nitriles is 1. The van der Waals surface area contributed by atoms with Gasteiger partial charge in [0.15, 0.2) is 0 Å². The maximum atomic E-state index is 11.5.